The Bertz CT molecular complexity index is 783. The molecule has 2 N–H and O–H groups in total. The van der Waals surface area contributed by atoms with Gasteiger partial charge < -0.3 is 10.2 Å². The number of nitrogens with zero attached hydrogens (tertiary/aromatic N) is 2. The van der Waals surface area contributed by atoms with Crippen molar-refractivity contribution < 1.29 is 9.59 Å². The van der Waals surface area contributed by atoms with Crippen LogP contribution < -0.4 is 15.6 Å². The second-order valence-electron chi connectivity index (χ2n) is 6.14. The number of amides is 2. The van der Waals surface area contributed by atoms with Crippen LogP contribution in [0, 0.1) is 6.92 Å². The highest BCUT2D eigenvalue weighted by Gasteiger charge is 2.07. The summed E-state index contributed by atoms with van der Waals surface area (Å²) in [6, 6.07) is 15.3. The molecule has 2 rings (SSSR count). The third-order valence-electron chi connectivity index (χ3n) is 3.81. The molecule has 0 aliphatic carbocycles. The molecule has 0 unspecified atom stereocenters. The van der Waals surface area contributed by atoms with Gasteiger partial charge in [-0.2, -0.15) is 5.10 Å². The summed E-state index contributed by atoms with van der Waals surface area (Å²) in [6.45, 7) is 1.92. The number of hydrogen-bond acceptors (Lipinski definition) is 4. The van der Waals surface area contributed by atoms with Gasteiger partial charge in [-0.15, -0.1) is 0 Å². The van der Waals surface area contributed by atoms with Gasteiger partial charge in [0.15, 0.2) is 0 Å². The molecule has 0 aromatic heterocycles. The van der Waals surface area contributed by atoms with Gasteiger partial charge in [0.25, 0.3) is 0 Å². The van der Waals surface area contributed by atoms with Crippen molar-refractivity contribution in [1.82, 2.24) is 5.43 Å². The Labute approximate surface area is 153 Å². The van der Waals surface area contributed by atoms with Crippen molar-refractivity contribution >= 4 is 29.4 Å². The SMILES string of the molecule is Cc1ccccc1NC(=O)CCC(=O)NN=Cc1ccc(N(C)C)cc1. The summed E-state index contributed by atoms with van der Waals surface area (Å²) in [5.41, 5.74) is 6.15. The van der Waals surface area contributed by atoms with Gasteiger partial charge in [-0.05, 0) is 36.2 Å². The fourth-order valence-corrected chi connectivity index (χ4v) is 2.25. The van der Waals surface area contributed by atoms with E-state index in [4.69, 9.17) is 0 Å². The number of anilines is 2. The van der Waals surface area contributed by atoms with Crippen LogP contribution in [0.1, 0.15) is 24.0 Å². The fourth-order valence-electron chi connectivity index (χ4n) is 2.25. The number of hydrogen-bond donors (Lipinski definition) is 2. The first kappa shape index (κ1) is 19.2. The van der Waals surface area contributed by atoms with Gasteiger partial charge in [-0.1, -0.05) is 30.3 Å². The molecule has 6 nitrogen and oxygen atoms in total. The number of para-hydroxylation sites is 1. The summed E-state index contributed by atoms with van der Waals surface area (Å²) < 4.78 is 0. The molecular formula is C20H24N4O2. The molecule has 0 saturated carbocycles. The smallest absolute Gasteiger partial charge is 0.240 e. The number of aryl methyl sites for hydroxylation is 1. The van der Waals surface area contributed by atoms with Crippen molar-refractivity contribution in [2.45, 2.75) is 19.8 Å². The first-order valence-electron chi connectivity index (χ1n) is 8.40. The Balaban J connectivity index is 1.74. The highest BCUT2D eigenvalue weighted by Crippen LogP contribution is 2.13. The molecule has 2 aromatic carbocycles. The van der Waals surface area contributed by atoms with Crippen molar-refractivity contribution in [3.63, 3.8) is 0 Å². The minimum atomic E-state index is -0.300. The number of nitrogens with one attached hydrogen (secondary N) is 2. The van der Waals surface area contributed by atoms with Crippen molar-refractivity contribution in [3.8, 4) is 0 Å². The third-order valence-corrected chi connectivity index (χ3v) is 3.81. The molecule has 0 fully saturated rings. The third kappa shape index (κ3) is 6.05. The lowest BCUT2D eigenvalue weighted by atomic mass is 10.2. The lowest BCUT2D eigenvalue weighted by Gasteiger charge is -2.11. The van der Waals surface area contributed by atoms with E-state index in [1.807, 2.05) is 74.4 Å². The molecule has 0 radical (unpaired) electrons. The zero-order valence-corrected chi connectivity index (χ0v) is 15.3. The molecular weight excluding hydrogens is 328 g/mol. The number of rotatable bonds is 7. The van der Waals surface area contributed by atoms with Crippen LogP contribution in [0.15, 0.2) is 53.6 Å². The first-order chi connectivity index (χ1) is 12.5. The van der Waals surface area contributed by atoms with E-state index in [9.17, 15) is 9.59 Å². The second kappa shape index (κ2) is 9.36. The molecule has 2 amide bonds. The summed E-state index contributed by atoms with van der Waals surface area (Å²) in [6.07, 6.45) is 1.76. The Hall–Kier alpha value is -3.15. The molecule has 0 saturated heterocycles. The maximum atomic E-state index is 11.9. The highest BCUT2D eigenvalue weighted by atomic mass is 16.2. The van der Waals surface area contributed by atoms with Gasteiger partial charge in [-0.3, -0.25) is 9.59 Å². The van der Waals surface area contributed by atoms with Gasteiger partial charge in [0.05, 0.1) is 6.21 Å². The molecule has 26 heavy (non-hydrogen) atoms. The average Bonchev–Trinajstić information content (AvgIpc) is 2.62. The van der Waals surface area contributed by atoms with Crippen LogP contribution in [0.5, 0.6) is 0 Å². The molecule has 0 bridgehead atoms. The van der Waals surface area contributed by atoms with E-state index >= 15 is 0 Å². The lowest BCUT2D eigenvalue weighted by molar-refractivity contribution is -0.124. The quantitative estimate of drug-likeness (QED) is 0.594. The second-order valence-corrected chi connectivity index (χ2v) is 6.14. The standard InChI is InChI=1S/C20H24N4O2/c1-15-6-4-5-7-18(15)22-19(25)12-13-20(26)23-21-14-16-8-10-17(11-9-16)24(2)3/h4-11,14H,12-13H2,1-3H3,(H,22,25)(H,23,26). The monoisotopic (exact) mass is 352 g/mol. The maximum absolute atomic E-state index is 11.9. The van der Waals surface area contributed by atoms with Gasteiger partial charge in [-0.25, -0.2) is 5.43 Å². The van der Waals surface area contributed by atoms with E-state index < -0.39 is 0 Å². The van der Waals surface area contributed by atoms with Gasteiger partial charge in [0, 0.05) is 38.3 Å². The molecule has 2 aromatic rings. The van der Waals surface area contributed by atoms with Gasteiger partial charge >= 0.3 is 0 Å². The predicted octanol–water partition coefficient (Wildman–Crippen LogP) is 2.93. The topological polar surface area (TPSA) is 73.8 Å². The normalized spacial score (nSPS) is 10.6. The van der Waals surface area contributed by atoms with Crippen LogP contribution in [-0.4, -0.2) is 32.1 Å². The molecule has 0 aliphatic heterocycles. The van der Waals surface area contributed by atoms with E-state index in [0.717, 1.165) is 22.5 Å². The Kier molecular flexibility index (Phi) is 6.91. The fraction of sp³-hybridized carbons (Fsp3) is 0.250. The van der Waals surface area contributed by atoms with E-state index in [0.29, 0.717) is 0 Å². The summed E-state index contributed by atoms with van der Waals surface area (Å²) in [5, 5.41) is 6.72. The zero-order chi connectivity index (χ0) is 18.9. The number of hydrazone groups is 1. The van der Waals surface area contributed by atoms with Crippen molar-refractivity contribution in [1.29, 1.82) is 0 Å². The number of benzene rings is 2. The predicted molar refractivity (Wildman–Crippen MR) is 106 cm³/mol. The minimum absolute atomic E-state index is 0.0780. The molecule has 0 aliphatic rings. The van der Waals surface area contributed by atoms with E-state index in [1.54, 1.807) is 6.21 Å². The van der Waals surface area contributed by atoms with Crippen LogP contribution in [0.25, 0.3) is 0 Å². The molecule has 0 heterocycles. The maximum Gasteiger partial charge on any atom is 0.240 e. The van der Waals surface area contributed by atoms with Gasteiger partial charge in [0.2, 0.25) is 11.8 Å². The van der Waals surface area contributed by atoms with Gasteiger partial charge in [0.1, 0.15) is 0 Å². The van der Waals surface area contributed by atoms with E-state index in [2.05, 4.69) is 15.8 Å². The Morgan fingerprint density at radius 1 is 1.00 bits per heavy atom. The summed E-state index contributed by atoms with van der Waals surface area (Å²) >= 11 is 0. The average molecular weight is 352 g/mol. The lowest BCUT2D eigenvalue weighted by Crippen LogP contribution is -2.20. The van der Waals surface area contributed by atoms with Crippen LogP contribution >= 0.6 is 0 Å². The Morgan fingerprint density at radius 2 is 1.65 bits per heavy atom. The van der Waals surface area contributed by atoms with E-state index in [1.165, 1.54) is 0 Å². The molecule has 136 valence electrons. The van der Waals surface area contributed by atoms with Crippen LogP contribution in [0.3, 0.4) is 0 Å². The zero-order valence-electron chi connectivity index (χ0n) is 15.3. The van der Waals surface area contributed by atoms with Crippen LogP contribution in [-0.2, 0) is 9.59 Å². The Morgan fingerprint density at radius 3 is 2.31 bits per heavy atom. The van der Waals surface area contributed by atoms with Crippen LogP contribution in [0.4, 0.5) is 11.4 Å². The molecule has 0 atom stereocenters. The molecule has 6 heteroatoms. The number of carbonyl (C=O) groups is 2. The summed E-state index contributed by atoms with van der Waals surface area (Å²) in [4.78, 5) is 25.7. The largest absolute Gasteiger partial charge is 0.378 e. The molecule has 0 spiro atoms. The summed E-state index contributed by atoms with van der Waals surface area (Å²) in [5.74, 6) is -0.496. The minimum Gasteiger partial charge on any atom is -0.378 e. The summed E-state index contributed by atoms with van der Waals surface area (Å²) in [7, 11) is 3.94. The van der Waals surface area contributed by atoms with Crippen molar-refractivity contribution in [3.05, 3.63) is 59.7 Å². The number of carbonyl (C=O) groups excluding carboxylic acids is 2. The van der Waals surface area contributed by atoms with E-state index in [-0.39, 0.29) is 24.7 Å². The van der Waals surface area contributed by atoms with Crippen molar-refractivity contribution in [2.24, 2.45) is 5.10 Å². The van der Waals surface area contributed by atoms with Crippen molar-refractivity contribution in [2.75, 3.05) is 24.3 Å². The first-order valence-corrected chi connectivity index (χ1v) is 8.40. The highest BCUT2D eigenvalue weighted by molar-refractivity contribution is 5.94. The van der Waals surface area contributed by atoms with Crippen LogP contribution in [0.2, 0.25) is 0 Å².